The molecular weight excluding hydrogens is 743 g/mol. The average Bonchev–Trinajstić information content (AvgIpc) is 3.81. The zero-order chi connectivity index (χ0) is 45.8. The average molecular weight is 786 g/mol. The number of aromatic nitrogens is 3. The van der Waals surface area contributed by atoms with Crippen molar-refractivity contribution in [1.29, 1.82) is 0 Å². The second kappa shape index (κ2) is 15.5. The Hall–Kier alpha value is -8.21. The zero-order valence-corrected chi connectivity index (χ0v) is 32.6. The van der Waals surface area contributed by atoms with Crippen LogP contribution in [-0.2, 0) is 0 Å². The molecule has 0 N–H and O–H groups in total. The van der Waals surface area contributed by atoms with E-state index in [0.29, 0.717) is 22.5 Å². The minimum absolute atomic E-state index is 0.0137. The molecule has 0 atom stereocenters. The first kappa shape index (κ1) is 29.9. The van der Waals surface area contributed by atoms with Gasteiger partial charge < -0.3 is 4.42 Å². The van der Waals surface area contributed by atoms with Gasteiger partial charge in [-0.3, -0.25) is 0 Å². The van der Waals surface area contributed by atoms with Crippen LogP contribution in [0.3, 0.4) is 0 Å². The Balaban J connectivity index is 1.12. The van der Waals surface area contributed by atoms with Crippen molar-refractivity contribution in [3.8, 4) is 89.8 Å². The summed E-state index contributed by atoms with van der Waals surface area (Å²) in [5.41, 5.74) is 9.95. The summed E-state index contributed by atoms with van der Waals surface area (Å²) in [7, 11) is 0. The first-order valence-electron chi connectivity index (χ1n) is 23.0. The van der Waals surface area contributed by atoms with E-state index in [9.17, 15) is 5.48 Å². The van der Waals surface area contributed by atoms with Crippen LogP contribution < -0.4 is 0 Å². The van der Waals surface area contributed by atoms with Crippen LogP contribution in [0.1, 0.15) is 8.22 Å². The van der Waals surface area contributed by atoms with E-state index in [1.54, 1.807) is 24.3 Å². The summed E-state index contributed by atoms with van der Waals surface area (Å²) < 4.78 is 62.0. The van der Waals surface area contributed by atoms with Gasteiger partial charge in [-0.15, -0.1) is 0 Å². The zero-order valence-electron chi connectivity index (χ0n) is 38.6. The SMILES string of the molecule is [2H]c1c(-c2ccccc2)c([2H])c2c(oc3c([2H])c(-c4nc(-c5ccc(-c6cccc(-c7ccccc7)c6)cc5)nc(-c5cc(-c6ccccc6)cc(-c6ccccc6)c5)n4)c([2H])c([2H])c32)c1[2H]. The Bertz CT molecular complexity index is 3620. The summed E-state index contributed by atoms with van der Waals surface area (Å²) in [4.78, 5) is 15.0. The van der Waals surface area contributed by atoms with E-state index >= 15 is 0 Å². The molecule has 4 nitrogen and oxygen atoms in total. The Labute approximate surface area is 362 Å². The van der Waals surface area contributed by atoms with Gasteiger partial charge in [-0.05, 0) is 104 Å². The van der Waals surface area contributed by atoms with Crippen molar-refractivity contribution in [1.82, 2.24) is 15.0 Å². The molecule has 0 aliphatic carbocycles. The number of hydrogen-bond acceptors (Lipinski definition) is 4. The highest BCUT2D eigenvalue weighted by Gasteiger charge is 2.17. The number of hydrogen-bond donors (Lipinski definition) is 0. The van der Waals surface area contributed by atoms with Gasteiger partial charge in [-0.1, -0.05) is 176 Å². The van der Waals surface area contributed by atoms with Crippen molar-refractivity contribution in [3.05, 3.63) is 224 Å². The van der Waals surface area contributed by atoms with Crippen LogP contribution in [0.2, 0.25) is 0 Å². The second-order valence-corrected chi connectivity index (χ2v) is 14.7. The molecule has 0 aliphatic heterocycles. The minimum atomic E-state index is -0.345. The van der Waals surface area contributed by atoms with Gasteiger partial charge in [0, 0.05) is 27.5 Å². The molecule has 11 rings (SSSR count). The Morgan fingerprint density at radius 1 is 0.279 bits per heavy atom. The van der Waals surface area contributed by atoms with Crippen molar-refractivity contribution >= 4 is 21.9 Å². The van der Waals surface area contributed by atoms with Gasteiger partial charge in [0.1, 0.15) is 11.2 Å². The molecule has 286 valence electrons. The van der Waals surface area contributed by atoms with Crippen LogP contribution in [-0.4, -0.2) is 15.0 Å². The molecule has 2 heterocycles. The molecule has 0 saturated carbocycles. The molecule has 61 heavy (non-hydrogen) atoms. The third kappa shape index (κ3) is 7.17. The third-order valence-electron chi connectivity index (χ3n) is 10.8. The summed E-state index contributed by atoms with van der Waals surface area (Å²) in [5, 5.41) is 0.153. The van der Waals surface area contributed by atoms with E-state index in [2.05, 4.69) is 36.4 Å². The van der Waals surface area contributed by atoms with E-state index in [1.165, 1.54) is 0 Å². The summed E-state index contributed by atoms with van der Waals surface area (Å²) >= 11 is 0. The molecule has 2 aromatic heterocycles. The van der Waals surface area contributed by atoms with Crippen LogP contribution in [0.25, 0.3) is 112 Å². The van der Waals surface area contributed by atoms with E-state index in [4.69, 9.17) is 22.1 Å². The predicted molar refractivity (Wildman–Crippen MR) is 251 cm³/mol. The van der Waals surface area contributed by atoms with Crippen LogP contribution in [0.5, 0.6) is 0 Å². The molecule has 9 aromatic carbocycles. The first-order chi connectivity index (χ1) is 32.7. The van der Waals surface area contributed by atoms with Crippen LogP contribution in [0, 0.1) is 0 Å². The quantitative estimate of drug-likeness (QED) is 0.154. The lowest BCUT2D eigenvalue weighted by atomic mass is 9.96. The lowest BCUT2D eigenvalue weighted by molar-refractivity contribution is 0.669. The van der Waals surface area contributed by atoms with E-state index in [1.807, 2.05) is 127 Å². The maximum Gasteiger partial charge on any atom is 0.164 e. The predicted octanol–water partition coefficient (Wildman–Crippen LogP) is 15.1. The number of nitrogens with zero attached hydrogens (tertiary/aromatic N) is 3. The number of furan rings is 1. The summed E-state index contributed by atoms with van der Waals surface area (Å²) in [6.07, 6.45) is 0. The minimum Gasteiger partial charge on any atom is -0.456 e. The monoisotopic (exact) mass is 785 g/mol. The summed E-state index contributed by atoms with van der Waals surface area (Å²) in [6, 6.07) is 60.2. The molecule has 0 radical (unpaired) electrons. The number of rotatable bonds is 8. The lowest BCUT2D eigenvalue weighted by Crippen LogP contribution is -2.00. The van der Waals surface area contributed by atoms with Crippen LogP contribution in [0.4, 0.5) is 0 Å². The fourth-order valence-corrected chi connectivity index (χ4v) is 7.67. The lowest BCUT2D eigenvalue weighted by Gasteiger charge is -2.13. The van der Waals surface area contributed by atoms with E-state index in [0.717, 1.165) is 44.5 Å². The van der Waals surface area contributed by atoms with E-state index < -0.39 is 0 Å². The Morgan fingerprint density at radius 2 is 0.689 bits per heavy atom. The largest absolute Gasteiger partial charge is 0.456 e. The van der Waals surface area contributed by atoms with Crippen molar-refractivity contribution in [3.63, 3.8) is 0 Å². The second-order valence-electron chi connectivity index (χ2n) is 14.7. The highest BCUT2D eigenvalue weighted by Crippen LogP contribution is 2.37. The first-order valence-corrected chi connectivity index (χ1v) is 20.0. The molecule has 0 unspecified atom stereocenters. The van der Waals surface area contributed by atoms with E-state index in [-0.39, 0.29) is 81.0 Å². The molecular formula is C57H37N3O. The molecule has 0 amide bonds. The third-order valence-corrected chi connectivity index (χ3v) is 10.8. The van der Waals surface area contributed by atoms with Gasteiger partial charge in [-0.25, -0.2) is 15.0 Å². The number of fused-ring (bicyclic) bond motifs is 3. The molecule has 0 spiro atoms. The molecule has 4 heteroatoms. The standard InChI is InChI=1S/C57H37N3O/c1-5-14-38(15-6-1)44-22-13-23-45(32-44)42-24-26-43(27-25-42)55-58-56(47-28-30-51-52-36-46(39-16-7-2-8-17-39)29-31-53(52)61-54(51)37-47)60-57(59-55)50-34-48(40-18-9-3-10-19-40)33-49(35-50)41-20-11-4-12-21-41/h1-37H/i28D,29D,30D,31D,36D,37D. The molecule has 0 saturated heterocycles. The maximum atomic E-state index is 9.64. The van der Waals surface area contributed by atoms with Gasteiger partial charge in [0.25, 0.3) is 0 Å². The van der Waals surface area contributed by atoms with Gasteiger partial charge in [0.15, 0.2) is 17.5 Å². The fraction of sp³-hybridized carbons (Fsp3) is 0. The summed E-state index contributed by atoms with van der Waals surface area (Å²) in [6.45, 7) is 0. The van der Waals surface area contributed by atoms with Crippen molar-refractivity contribution in [2.75, 3.05) is 0 Å². The van der Waals surface area contributed by atoms with Gasteiger partial charge in [0.05, 0.1) is 8.22 Å². The highest BCUT2D eigenvalue weighted by molar-refractivity contribution is 6.07. The van der Waals surface area contributed by atoms with Crippen molar-refractivity contribution in [2.24, 2.45) is 0 Å². The topological polar surface area (TPSA) is 51.8 Å². The molecule has 0 aliphatic rings. The smallest absolute Gasteiger partial charge is 0.164 e. The van der Waals surface area contributed by atoms with Crippen LogP contribution >= 0.6 is 0 Å². The maximum absolute atomic E-state index is 9.64. The van der Waals surface area contributed by atoms with Crippen LogP contribution in [0.15, 0.2) is 229 Å². The van der Waals surface area contributed by atoms with Gasteiger partial charge in [0.2, 0.25) is 0 Å². The summed E-state index contributed by atoms with van der Waals surface area (Å²) in [5.74, 6) is 0.567. The van der Waals surface area contributed by atoms with Crippen molar-refractivity contribution < 1.29 is 12.6 Å². The van der Waals surface area contributed by atoms with Gasteiger partial charge in [-0.2, -0.15) is 0 Å². The molecule has 11 aromatic rings. The number of benzene rings is 9. The van der Waals surface area contributed by atoms with Gasteiger partial charge >= 0.3 is 0 Å². The molecule has 0 fully saturated rings. The van der Waals surface area contributed by atoms with Crippen molar-refractivity contribution in [2.45, 2.75) is 0 Å². The Kier molecular flexibility index (Phi) is 7.61. The Morgan fingerprint density at radius 3 is 1.26 bits per heavy atom. The molecule has 0 bridgehead atoms. The normalized spacial score (nSPS) is 12.7. The fourth-order valence-electron chi connectivity index (χ4n) is 7.67. The highest BCUT2D eigenvalue weighted by atomic mass is 16.3.